The molecule has 1 aromatic carbocycles. The van der Waals surface area contributed by atoms with Gasteiger partial charge in [-0.3, -0.25) is 0 Å². The molecule has 0 atom stereocenters. The van der Waals surface area contributed by atoms with E-state index in [1.54, 1.807) is 23.4 Å². The van der Waals surface area contributed by atoms with Crippen molar-refractivity contribution < 1.29 is 8.42 Å². The molecule has 2 N–H and O–H groups in total. The summed E-state index contributed by atoms with van der Waals surface area (Å²) in [5.41, 5.74) is 7.85. The van der Waals surface area contributed by atoms with Gasteiger partial charge in [-0.2, -0.15) is 4.31 Å². The zero-order valence-electron chi connectivity index (χ0n) is 12.0. The van der Waals surface area contributed by atoms with Crippen LogP contribution in [0.1, 0.15) is 31.4 Å². The Morgan fingerprint density at radius 2 is 1.89 bits per heavy atom. The number of nitrogens with two attached hydrogens (primary N) is 1. The molecule has 5 heteroatoms. The minimum absolute atomic E-state index is 0.0508. The van der Waals surface area contributed by atoms with Crippen molar-refractivity contribution in [3.05, 3.63) is 23.3 Å². The lowest BCUT2D eigenvalue weighted by Crippen LogP contribution is -2.31. The van der Waals surface area contributed by atoms with Gasteiger partial charge in [-0.1, -0.05) is 19.9 Å². The molecule has 0 aliphatic carbocycles. The molecule has 0 spiro atoms. The first kappa shape index (κ1) is 14.3. The second-order valence-electron chi connectivity index (χ2n) is 6.18. The summed E-state index contributed by atoms with van der Waals surface area (Å²) in [6.07, 6.45) is 0.895. The third-order valence-electron chi connectivity index (χ3n) is 3.88. The Kier molecular flexibility index (Phi) is 3.39. The van der Waals surface area contributed by atoms with Gasteiger partial charge in [0.25, 0.3) is 0 Å². The van der Waals surface area contributed by atoms with Crippen LogP contribution in [0.2, 0.25) is 0 Å². The summed E-state index contributed by atoms with van der Waals surface area (Å²) in [5.74, 6) is 0. The van der Waals surface area contributed by atoms with Crippen molar-refractivity contribution in [3.63, 3.8) is 0 Å². The van der Waals surface area contributed by atoms with E-state index in [2.05, 4.69) is 13.8 Å². The van der Waals surface area contributed by atoms with E-state index in [1.165, 1.54) is 0 Å². The van der Waals surface area contributed by atoms with Crippen molar-refractivity contribution in [1.82, 2.24) is 4.31 Å². The Hall–Kier alpha value is -1.07. The van der Waals surface area contributed by atoms with E-state index in [0.29, 0.717) is 29.2 Å². The Balaban J connectivity index is 2.50. The fourth-order valence-electron chi connectivity index (χ4n) is 2.64. The predicted molar refractivity (Wildman–Crippen MR) is 77.5 cm³/mol. The number of nitrogen functional groups attached to an aromatic ring is 1. The smallest absolute Gasteiger partial charge is 0.243 e. The van der Waals surface area contributed by atoms with E-state index in [4.69, 9.17) is 5.73 Å². The molecule has 1 aliphatic rings. The second-order valence-corrected chi connectivity index (χ2v) is 8.05. The predicted octanol–water partition coefficient (Wildman–Crippen LogP) is 2.31. The number of sulfonamides is 1. The molecule has 0 amide bonds. The van der Waals surface area contributed by atoms with Gasteiger partial charge in [-0.15, -0.1) is 0 Å². The summed E-state index contributed by atoms with van der Waals surface area (Å²) in [7, 11) is -3.44. The van der Waals surface area contributed by atoms with Crippen molar-refractivity contribution in [2.45, 2.75) is 39.0 Å². The first-order valence-electron chi connectivity index (χ1n) is 6.51. The third-order valence-corrected chi connectivity index (χ3v) is 6.02. The summed E-state index contributed by atoms with van der Waals surface area (Å²) in [5, 5.41) is 0. The van der Waals surface area contributed by atoms with Crippen LogP contribution < -0.4 is 5.73 Å². The molecule has 1 aromatic rings. The molecule has 2 rings (SSSR count). The molecule has 0 radical (unpaired) electrons. The fourth-order valence-corrected chi connectivity index (χ4v) is 4.73. The number of nitrogens with zero attached hydrogens (tertiary/aromatic N) is 1. The lowest BCUT2D eigenvalue weighted by atomic mass is 9.93. The van der Waals surface area contributed by atoms with Crippen LogP contribution in [-0.4, -0.2) is 25.8 Å². The van der Waals surface area contributed by atoms with Crippen LogP contribution in [0.15, 0.2) is 17.0 Å². The van der Waals surface area contributed by atoms with Gasteiger partial charge in [0, 0.05) is 18.8 Å². The number of hydrogen-bond acceptors (Lipinski definition) is 3. The van der Waals surface area contributed by atoms with Crippen LogP contribution in [0, 0.1) is 19.3 Å². The number of benzene rings is 1. The highest BCUT2D eigenvalue weighted by atomic mass is 32.2. The quantitative estimate of drug-likeness (QED) is 0.847. The van der Waals surface area contributed by atoms with Gasteiger partial charge in [0.2, 0.25) is 10.0 Å². The van der Waals surface area contributed by atoms with E-state index < -0.39 is 10.0 Å². The monoisotopic (exact) mass is 282 g/mol. The Morgan fingerprint density at radius 1 is 1.26 bits per heavy atom. The second kappa shape index (κ2) is 4.49. The van der Waals surface area contributed by atoms with Crippen LogP contribution in [0.5, 0.6) is 0 Å². The summed E-state index contributed by atoms with van der Waals surface area (Å²) >= 11 is 0. The molecule has 1 aliphatic heterocycles. The molecular weight excluding hydrogens is 260 g/mol. The Morgan fingerprint density at radius 3 is 2.42 bits per heavy atom. The van der Waals surface area contributed by atoms with E-state index in [1.807, 2.05) is 6.92 Å². The van der Waals surface area contributed by atoms with Gasteiger partial charge in [0.1, 0.15) is 0 Å². The minimum Gasteiger partial charge on any atom is -0.398 e. The number of anilines is 1. The fraction of sp³-hybridized carbons (Fsp3) is 0.571. The largest absolute Gasteiger partial charge is 0.398 e. The summed E-state index contributed by atoms with van der Waals surface area (Å²) in [4.78, 5) is 0.380. The number of aryl methyl sites for hydroxylation is 1. The third kappa shape index (κ3) is 2.49. The first-order chi connectivity index (χ1) is 8.65. The topological polar surface area (TPSA) is 63.4 Å². The van der Waals surface area contributed by atoms with Crippen LogP contribution in [0.25, 0.3) is 0 Å². The first-order valence-corrected chi connectivity index (χ1v) is 7.95. The van der Waals surface area contributed by atoms with Gasteiger partial charge in [-0.05, 0) is 42.9 Å². The van der Waals surface area contributed by atoms with Crippen LogP contribution in [0.4, 0.5) is 5.69 Å². The summed E-state index contributed by atoms with van der Waals surface area (Å²) < 4.78 is 27.2. The average Bonchev–Trinajstić information content (AvgIpc) is 2.65. The minimum atomic E-state index is -3.44. The summed E-state index contributed by atoms with van der Waals surface area (Å²) in [6.45, 7) is 8.95. The van der Waals surface area contributed by atoms with Gasteiger partial charge in [0.05, 0.1) is 4.90 Å². The van der Waals surface area contributed by atoms with E-state index in [-0.39, 0.29) is 5.41 Å². The standard InChI is InChI=1S/C14H22N2O2S/c1-10-5-6-12(15)11(2)13(10)19(17,18)16-8-7-14(3,4)9-16/h5-6H,7-9,15H2,1-4H3. The van der Waals surface area contributed by atoms with Crippen molar-refractivity contribution in [3.8, 4) is 0 Å². The van der Waals surface area contributed by atoms with Gasteiger partial charge >= 0.3 is 0 Å². The summed E-state index contributed by atoms with van der Waals surface area (Å²) in [6, 6.07) is 3.54. The van der Waals surface area contributed by atoms with Crippen molar-refractivity contribution in [2.24, 2.45) is 5.41 Å². The van der Waals surface area contributed by atoms with Crippen molar-refractivity contribution in [2.75, 3.05) is 18.8 Å². The molecule has 0 saturated carbocycles. The molecule has 0 unspecified atom stereocenters. The van der Waals surface area contributed by atoms with Gasteiger partial charge < -0.3 is 5.73 Å². The Bertz CT molecular complexity index is 606. The van der Waals surface area contributed by atoms with Crippen LogP contribution >= 0.6 is 0 Å². The zero-order valence-corrected chi connectivity index (χ0v) is 12.8. The molecule has 19 heavy (non-hydrogen) atoms. The SMILES string of the molecule is Cc1ccc(N)c(C)c1S(=O)(=O)N1CCC(C)(C)C1. The molecular formula is C14H22N2O2S. The maximum Gasteiger partial charge on any atom is 0.243 e. The van der Waals surface area contributed by atoms with Gasteiger partial charge in [0.15, 0.2) is 0 Å². The number of rotatable bonds is 2. The molecule has 1 saturated heterocycles. The molecule has 0 bridgehead atoms. The number of hydrogen-bond donors (Lipinski definition) is 1. The normalized spacial score (nSPS) is 19.8. The molecule has 0 aromatic heterocycles. The van der Waals surface area contributed by atoms with Gasteiger partial charge in [-0.25, -0.2) is 8.42 Å². The lowest BCUT2D eigenvalue weighted by Gasteiger charge is -2.22. The maximum absolute atomic E-state index is 12.8. The highest BCUT2D eigenvalue weighted by Gasteiger charge is 2.38. The molecule has 1 fully saturated rings. The highest BCUT2D eigenvalue weighted by Crippen LogP contribution is 2.35. The van der Waals surface area contributed by atoms with E-state index in [9.17, 15) is 8.42 Å². The average molecular weight is 282 g/mol. The van der Waals surface area contributed by atoms with Crippen molar-refractivity contribution in [1.29, 1.82) is 0 Å². The molecule has 1 heterocycles. The highest BCUT2D eigenvalue weighted by molar-refractivity contribution is 7.89. The van der Waals surface area contributed by atoms with E-state index >= 15 is 0 Å². The van der Waals surface area contributed by atoms with Crippen LogP contribution in [-0.2, 0) is 10.0 Å². The van der Waals surface area contributed by atoms with Crippen LogP contribution in [0.3, 0.4) is 0 Å². The Labute approximate surface area is 115 Å². The maximum atomic E-state index is 12.8. The zero-order chi connectivity index (χ0) is 14.4. The molecule has 4 nitrogen and oxygen atoms in total. The lowest BCUT2D eigenvalue weighted by molar-refractivity contribution is 0.375. The van der Waals surface area contributed by atoms with E-state index in [0.717, 1.165) is 12.0 Å². The van der Waals surface area contributed by atoms with Crippen molar-refractivity contribution >= 4 is 15.7 Å². The molecule has 106 valence electrons.